The number of unbranched alkanes of at least 4 members (excludes halogenated alkanes) is 3. The molecule has 0 aliphatic rings. The molecule has 0 atom stereocenters. The Hall–Kier alpha value is -0.0800. The van der Waals surface area contributed by atoms with Crippen molar-refractivity contribution in [3.63, 3.8) is 0 Å². The summed E-state index contributed by atoms with van der Waals surface area (Å²) in [5.41, 5.74) is 5.32. The van der Waals surface area contributed by atoms with E-state index in [9.17, 15) is 0 Å². The standard InChI is InChI=1S/C7H17N2/c1-9-7-5-3-2-4-6-8/h2-8H2,1H3/q-1. The molecule has 2 nitrogen and oxygen atoms in total. The highest BCUT2D eigenvalue weighted by Crippen LogP contribution is 1.99. The van der Waals surface area contributed by atoms with E-state index >= 15 is 0 Å². The zero-order valence-electron chi connectivity index (χ0n) is 6.27. The zero-order chi connectivity index (χ0) is 6.95. The number of hydrogen-bond acceptors (Lipinski definition) is 1. The van der Waals surface area contributed by atoms with E-state index in [1.807, 2.05) is 7.05 Å². The first-order valence-electron chi connectivity index (χ1n) is 3.67. The largest absolute Gasteiger partial charge is 0.665 e. The molecule has 9 heavy (non-hydrogen) atoms. The predicted octanol–water partition coefficient (Wildman–Crippen LogP) is 1.51. The lowest BCUT2D eigenvalue weighted by Crippen LogP contribution is -1.97. The smallest absolute Gasteiger partial charge is 0.00773 e. The summed E-state index contributed by atoms with van der Waals surface area (Å²) in [7, 11) is 1.86. The number of rotatable bonds is 6. The van der Waals surface area contributed by atoms with Crippen molar-refractivity contribution in [1.29, 1.82) is 0 Å². The SMILES string of the molecule is C[N-]CCCCCCN. The summed E-state index contributed by atoms with van der Waals surface area (Å²) in [4.78, 5) is 0. The molecule has 0 bridgehead atoms. The van der Waals surface area contributed by atoms with Crippen molar-refractivity contribution < 1.29 is 0 Å². The van der Waals surface area contributed by atoms with Crippen LogP contribution in [0.15, 0.2) is 0 Å². The van der Waals surface area contributed by atoms with Crippen LogP contribution in [0, 0.1) is 0 Å². The fourth-order valence-electron chi connectivity index (χ4n) is 0.768. The first kappa shape index (κ1) is 8.92. The molecule has 0 unspecified atom stereocenters. The van der Waals surface area contributed by atoms with E-state index in [2.05, 4.69) is 5.32 Å². The van der Waals surface area contributed by atoms with Crippen LogP contribution in [0.25, 0.3) is 5.32 Å². The third-order valence-corrected chi connectivity index (χ3v) is 1.34. The van der Waals surface area contributed by atoms with Crippen molar-refractivity contribution >= 4 is 0 Å². The maximum Gasteiger partial charge on any atom is -0.00773 e. The van der Waals surface area contributed by atoms with E-state index < -0.39 is 0 Å². The summed E-state index contributed by atoms with van der Waals surface area (Å²) in [6.07, 6.45) is 4.96. The number of nitrogens with zero attached hydrogens (tertiary/aromatic N) is 1. The van der Waals surface area contributed by atoms with Crippen LogP contribution in [0.5, 0.6) is 0 Å². The normalized spacial score (nSPS) is 10.0. The maximum absolute atomic E-state index is 5.32. The lowest BCUT2D eigenvalue weighted by Gasteiger charge is -2.08. The fraction of sp³-hybridized carbons (Fsp3) is 1.00. The molecule has 0 aliphatic carbocycles. The van der Waals surface area contributed by atoms with E-state index in [-0.39, 0.29) is 0 Å². The van der Waals surface area contributed by atoms with Gasteiger partial charge in [-0.1, -0.05) is 19.3 Å². The van der Waals surface area contributed by atoms with Crippen LogP contribution in [-0.4, -0.2) is 20.1 Å². The lowest BCUT2D eigenvalue weighted by molar-refractivity contribution is 0.664. The Morgan fingerprint density at radius 2 is 1.78 bits per heavy atom. The van der Waals surface area contributed by atoms with Gasteiger partial charge in [0.1, 0.15) is 0 Å². The highest BCUT2D eigenvalue weighted by molar-refractivity contribution is 4.68. The Kier molecular flexibility index (Phi) is 7.85. The molecule has 0 spiro atoms. The Labute approximate surface area is 57.8 Å². The second-order valence-corrected chi connectivity index (χ2v) is 2.24. The quantitative estimate of drug-likeness (QED) is 0.542. The summed E-state index contributed by atoms with van der Waals surface area (Å²) in [5, 5.41) is 4.00. The summed E-state index contributed by atoms with van der Waals surface area (Å²) >= 11 is 0. The summed E-state index contributed by atoms with van der Waals surface area (Å²) in [6, 6.07) is 0. The van der Waals surface area contributed by atoms with Gasteiger partial charge in [0.15, 0.2) is 0 Å². The molecule has 0 heterocycles. The summed E-state index contributed by atoms with van der Waals surface area (Å²) in [5.74, 6) is 0. The Bertz CT molecular complexity index is 40.2. The van der Waals surface area contributed by atoms with Crippen LogP contribution in [0.4, 0.5) is 0 Å². The van der Waals surface area contributed by atoms with Gasteiger partial charge in [-0.05, 0) is 13.0 Å². The van der Waals surface area contributed by atoms with Crippen molar-refractivity contribution in [3.05, 3.63) is 5.32 Å². The molecule has 0 amide bonds. The molecular formula is C7H17N2-. The monoisotopic (exact) mass is 129 g/mol. The summed E-state index contributed by atoms with van der Waals surface area (Å²) < 4.78 is 0. The zero-order valence-corrected chi connectivity index (χ0v) is 6.27. The molecule has 0 radical (unpaired) electrons. The van der Waals surface area contributed by atoms with Gasteiger partial charge in [-0.25, -0.2) is 0 Å². The molecule has 0 aromatic carbocycles. The van der Waals surface area contributed by atoms with Crippen molar-refractivity contribution in [2.24, 2.45) is 5.73 Å². The molecular weight excluding hydrogens is 112 g/mol. The van der Waals surface area contributed by atoms with Gasteiger partial charge in [-0.15, -0.1) is 6.54 Å². The third-order valence-electron chi connectivity index (χ3n) is 1.34. The van der Waals surface area contributed by atoms with Crippen molar-refractivity contribution in [2.75, 3.05) is 20.1 Å². The van der Waals surface area contributed by atoms with Crippen molar-refractivity contribution in [1.82, 2.24) is 0 Å². The van der Waals surface area contributed by atoms with Gasteiger partial charge in [-0.3, -0.25) is 0 Å². The molecule has 0 fully saturated rings. The van der Waals surface area contributed by atoms with Crippen molar-refractivity contribution in [3.8, 4) is 0 Å². The topological polar surface area (TPSA) is 40.1 Å². The van der Waals surface area contributed by atoms with Gasteiger partial charge in [0.25, 0.3) is 0 Å². The third kappa shape index (κ3) is 7.92. The van der Waals surface area contributed by atoms with Crippen LogP contribution in [0.3, 0.4) is 0 Å². The average molecular weight is 129 g/mol. The van der Waals surface area contributed by atoms with Gasteiger partial charge in [-0.2, -0.15) is 7.05 Å². The molecule has 0 rings (SSSR count). The Morgan fingerprint density at radius 3 is 2.33 bits per heavy atom. The van der Waals surface area contributed by atoms with Crippen LogP contribution >= 0.6 is 0 Å². The average Bonchev–Trinajstić information content (AvgIpc) is 1.89. The second kappa shape index (κ2) is 7.92. The Balaban J connectivity index is 2.60. The molecule has 0 aromatic heterocycles. The molecule has 0 aromatic rings. The lowest BCUT2D eigenvalue weighted by atomic mass is 10.2. The van der Waals surface area contributed by atoms with E-state index in [0.29, 0.717) is 0 Å². The molecule has 0 saturated carbocycles. The number of hydrogen-bond donors (Lipinski definition) is 1. The second-order valence-electron chi connectivity index (χ2n) is 2.24. The molecule has 56 valence electrons. The molecule has 0 saturated heterocycles. The van der Waals surface area contributed by atoms with Crippen LogP contribution in [0.2, 0.25) is 0 Å². The Morgan fingerprint density at radius 1 is 1.11 bits per heavy atom. The van der Waals surface area contributed by atoms with Crippen LogP contribution in [-0.2, 0) is 0 Å². The van der Waals surface area contributed by atoms with Gasteiger partial charge >= 0.3 is 0 Å². The van der Waals surface area contributed by atoms with E-state index in [1.54, 1.807) is 0 Å². The van der Waals surface area contributed by atoms with Crippen LogP contribution < -0.4 is 5.73 Å². The summed E-state index contributed by atoms with van der Waals surface area (Å²) in [6.45, 7) is 1.85. The molecule has 0 aliphatic heterocycles. The molecule has 2 heteroatoms. The van der Waals surface area contributed by atoms with Crippen LogP contribution in [0.1, 0.15) is 25.7 Å². The fourth-order valence-corrected chi connectivity index (χ4v) is 0.768. The first-order valence-corrected chi connectivity index (χ1v) is 3.67. The van der Waals surface area contributed by atoms with Gasteiger partial charge in [0.2, 0.25) is 0 Å². The minimum Gasteiger partial charge on any atom is -0.665 e. The van der Waals surface area contributed by atoms with Gasteiger partial charge in [0, 0.05) is 0 Å². The maximum atomic E-state index is 5.32. The van der Waals surface area contributed by atoms with E-state index in [4.69, 9.17) is 5.73 Å². The first-order chi connectivity index (χ1) is 4.41. The van der Waals surface area contributed by atoms with Gasteiger partial charge < -0.3 is 11.1 Å². The van der Waals surface area contributed by atoms with E-state index in [0.717, 1.165) is 13.1 Å². The van der Waals surface area contributed by atoms with Gasteiger partial charge in [0.05, 0.1) is 0 Å². The highest BCUT2D eigenvalue weighted by Gasteiger charge is 1.82. The highest BCUT2D eigenvalue weighted by atomic mass is 14.8. The molecule has 2 N–H and O–H groups in total. The predicted molar refractivity (Wildman–Crippen MR) is 41.7 cm³/mol. The minimum atomic E-state index is 0.837. The minimum absolute atomic E-state index is 0.837. The van der Waals surface area contributed by atoms with Crippen molar-refractivity contribution in [2.45, 2.75) is 25.7 Å². The van der Waals surface area contributed by atoms with E-state index in [1.165, 1.54) is 25.7 Å². The number of nitrogens with two attached hydrogens (primary N) is 1.